The molecule has 4 heteroatoms. The Morgan fingerprint density at radius 1 is 1.08 bits per heavy atom. The molecule has 0 amide bonds. The van der Waals surface area contributed by atoms with Crippen molar-refractivity contribution >= 4 is 8.38 Å². The van der Waals surface area contributed by atoms with Crippen molar-refractivity contribution < 1.29 is 9.05 Å². The summed E-state index contributed by atoms with van der Waals surface area (Å²) in [5.74, 6) is 0. The topological polar surface area (TPSA) is 21.7 Å². The monoisotopic (exact) mass is 207 g/mol. The summed E-state index contributed by atoms with van der Waals surface area (Å²) in [6.45, 7) is 13.0. The minimum atomic E-state index is -0.648. The highest BCUT2D eigenvalue weighted by atomic mass is 31.2. The van der Waals surface area contributed by atoms with Gasteiger partial charge in [0.25, 0.3) is 0 Å². The fourth-order valence-electron chi connectivity index (χ4n) is 1.06. The van der Waals surface area contributed by atoms with Crippen molar-refractivity contribution in [2.24, 2.45) is 0 Å². The summed E-state index contributed by atoms with van der Waals surface area (Å²) in [5, 5.41) is 0. The van der Waals surface area contributed by atoms with Crippen LogP contribution in [0.15, 0.2) is 0 Å². The molecule has 0 N–H and O–H groups in total. The van der Waals surface area contributed by atoms with E-state index in [2.05, 4.69) is 18.7 Å². The molecule has 0 aromatic heterocycles. The first-order valence-electron chi connectivity index (χ1n) is 4.96. The Bertz CT molecular complexity index is 110. The summed E-state index contributed by atoms with van der Waals surface area (Å²) < 4.78 is 10.8. The Kier molecular flexibility index (Phi) is 9.10. The Morgan fingerprint density at radius 3 is 2.15 bits per heavy atom. The molecular weight excluding hydrogens is 185 g/mol. The lowest BCUT2D eigenvalue weighted by atomic mass is 10.5. The smallest absolute Gasteiger partial charge is 0.167 e. The van der Waals surface area contributed by atoms with E-state index in [9.17, 15) is 0 Å². The van der Waals surface area contributed by atoms with Crippen LogP contribution >= 0.6 is 8.38 Å². The zero-order valence-corrected chi connectivity index (χ0v) is 10.1. The van der Waals surface area contributed by atoms with Gasteiger partial charge in [0.1, 0.15) is 0 Å². The molecule has 0 saturated heterocycles. The molecule has 0 bridgehead atoms. The van der Waals surface area contributed by atoms with Crippen LogP contribution in [-0.4, -0.2) is 44.4 Å². The quantitative estimate of drug-likeness (QED) is 0.570. The third kappa shape index (κ3) is 7.39. The number of hydrogen-bond acceptors (Lipinski definition) is 3. The van der Waals surface area contributed by atoms with Crippen molar-refractivity contribution in [3.8, 4) is 0 Å². The van der Waals surface area contributed by atoms with Gasteiger partial charge in [0, 0.05) is 13.2 Å². The molecule has 0 fully saturated rings. The summed E-state index contributed by atoms with van der Waals surface area (Å²) in [6, 6.07) is 0. The average molecular weight is 207 g/mol. The molecule has 0 radical (unpaired) electrons. The normalized spacial score (nSPS) is 13.6. The highest BCUT2D eigenvalue weighted by molar-refractivity contribution is 7.46. The molecule has 0 rings (SSSR count). The van der Waals surface area contributed by atoms with Crippen molar-refractivity contribution in [2.45, 2.75) is 20.8 Å². The van der Waals surface area contributed by atoms with E-state index in [1.807, 2.05) is 13.6 Å². The fraction of sp³-hybridized carbons (Fsp3) is 1.00. The van der Waals surface area contributed by atoms with Crippen molar-refractivity contribution in [2.75, 3.05) is 39.5 Å². The zero-order valence-electron chi connectivity index (χ0n) is 9.25. The van der Waals surface area contributed by atoms with E-state index >= 15 is 0 Å². The lowest BCUT2D eigenvalue weighted by Gasteiger charge is -2.19. The molecule has 80 valence electrons. The Morgan fingerprint density at radius 2 is 1.69 bits per heavy atom. The Balaban J connectivity index is 3.32. The van der Waals surface area contributed by atoms with Gasteiger partial charge in [-0.05, 0) is 20.0 Å². The van der Waals surface area contributed by atoms with Crippen molar-refractivity contribution in [1.29, 1.82) is 0 Å². The van der Waals surface area contributed by atoms with Crippen LogP contribution in [-0.2, 0) is 9.05 Å². The van der Waals surface area contributed by atoms with Gasteiger partial charge in [-0.1, -0.05) is 13.8 Å². The maximum Gasteiger partial charge on any atom is 0.167 e. The largest absolute Gasteiger partial charge is 0.335 e. The van der Waals surface area contributed by atoms with Crippen LogP contribution in [0, 0.1) is 0 Å². The van der Waals surface area contributed by atoms with E-state index in [0.717, 1.165) is 32.8 Å². The maximum absolute atomic E-state index is 5.52. The maximum atomic E-state index is 5.52. The average Bonchev–Trinajstić information content (AvgIpc) is 2.13. The summed E-state index contributed by atoms with van der Waals surface area (Å²) in [5.41, 5.74) is 0. The van der Waals surface area contributed by atoms with Crippen LogP contribution in [0.2, 0.25) is 0 Å². The van der Waals surface area contributed by atoms with E-state index in [4.69, 9.17) is 9.05 Å². The zero-order chi connectivity index (χ0) is 10.1. The molecule has 0 aromatic carbocycles. The van der Waals surface area contributed by atoms with Gasteiger partial charge in [-0.3, -0.25) is 0 Å². The fourth-order valence-corrected chi connectivity index (χ4v) is 1.83. The second kappa shape index (κ2) is 8.89. The minimum Gasteiger partial charge on any atom is -0.335 e. The molecule has 0 aliphatic rings. The van der Waals surface area contributed by atoms with Crippen LogP contribution < -0.4 is 0 Å². The van der Waals surface area contributed by atoms with Gasteiger partial charge >= 0.3 is 0 Å². The first-order valence-corrected chi connectivity index (χ1v) is 6.58. The number of hydrogen-bond donors (Lipinski definition) is 0. The van der Waals surface area contributed by atoms with E-state index in [0.29, 0.717) is 0 Å². The van der Waals surface area contributed by atoms with Gasteiger partial charge in [-0.25, -0.2) is 0 Å². The van der Waals surface area contributed by atoms with Crippen LogP contribution in [0.5, 0.6) is 0 Å². The third-order valence-corrected chi connectivity index (χ3v) is 3.05. The van der Waals surface area contributed by atoms with E-state index in [-0.39, 0.29) is 0 Å². The van der Waals surface area contributed by atoms with Gasteiger partial charge in [0.2, 0.25) is 0 Å². The van der Waals surface area contributed by atoms with E-state index < -0.39 is 8.38 Å². The second-order valence-electron chi connectivity index (χ2n) is 2.72. The standard InChI is InChI=1S/C9H22NO2P/c1-5-10(6-2)8-9-12-13(4)11-7-3/h5-9H2,1-4H3. The predicted octanol–water partition coefficient (Wildman–Crippen LogP) is 2.32. The van der Waals surface area contributed by atoms with E-state index in [1.54, 1.807) is 0 Å². The molecule has 1 unspecified atom stereocenters. The highest BCUT2D eigenvalue weighted by Gasteiger charge is 2.03. The molecule has 1 atom stereocenters. The van der Waals surface area contributed by atoms with Crippen LogP contribution in [0.4, 0.5) is 0 Å². The van der Waals surface area contributed by atoms with Gasteiger partial charge in [-0.15, -0.1) is 0 Å². The minimum absolute atomic E-state index is 0.648. The molecule has 3 nitrogen and oxygen atoms in total. The SMILES string of the molecule is CCOP(C)OCCN(CC)CC. The van der Waals surface area contributed by atoms with Gasteiger partial charge in [0.05, 0.1) is 13.2 Å². The third-order valence-electron chi connectivity index (χ3n) is 1.89. The van der Waals surface area contributed by atoms with E-state index in [1.165, 1.54) is 0 Å². The molecule has 0 aliphatic carbocycles. The Labute approximate surface area is 83.3 Å². The number of rotatable bonds is 8. The van der Waals surface area contributed by atoms with Gasteiger partial charge < -0.3 is 13.9 Å². The molecule has 0 spiro atoms. The molecule has 0 aromatic rings. The predicted molar refractivity (Wildman–Crippen MR) is 58.2 cm³/mol. The van der Waals surface area contributed by atoms with Crippen molar-refractivity contribution in [3.63, 3.8) is 0 Å². The summed E-state index contributed by atoms with van der Waals surface area (Å²) >= 11 is 0. The molecule has 0 heterocycles. The van der Waals surface area contributed by atoms with Gasteiger partial charge in [-0.2, -0.15) is 0 Å². The lowest BCUT2D eigenvalue weighted by molar-refractivity contribution is 0.209. The van der Waals surface area contributed by atoms with Gasteiger partial charge in [0.15, 0.2) is 8.38 Å². The molecule has 13 heavy (non-hydrogen) atoms. The Hall–Kier alpha value is 0.310. The highest BCUT2D eigenvalue weighted by Crippen LogP contribution is 2.32. The molecular formula is C9H22NO2P. The van der Waals surface area contributed by atoms with Crippen LogP contribution in [0.3, 0.4) is 0 Å². The van der Waals surface area contributed by atoms with Crippen molar-refractivity contribution in [1.82, 2.24) is 4.90 Å². The number of nitrogens with zero attached hydrogens (tertiary/aromatic N) is 1. The number of likely N-dealkylation sites (N-methyl/N-ethyl adjacent to an activating group) is 1. The first-order chi connectivity index (χ1) is 6.24. The summed E-state index contributed by atoms with van der Waals surface area (Å²) in [4.78, 5) is 2.34. The van der Waals surface area contributed by atoms with Crippen LogP contribution in [0.25, 0.3) is 0 Å². The lowest BCUT2D eigenvalue weighted by Crippen LogP contribution is -2.26. The van der Waals surface area contributed by atoms with Crippen LogP contribution in [0.1, 0.15) is 20.8 Å². The summed E-state index contributed by atoms with van der Waals surface area (Å²) in [6.07, 6.45) is 0. The van der Waals surface area contributed by atoms with Crippen molar-refractivity contribution in [3.05, 3.63) is 0 Å². The molecule has 0 saturated carbocycles. The second-order valence-corrected chi connectivity index (χ2v) is 4.11. The molecule has 0 aliphatic heterocycles. The summed E-state index contributed by atoms with van der Waals surface area (Å²) in [7, 11) is -0.648. The first kappa shape index (κ1) is 13.3.